The van der Waals surface area contributed by atoms with Gasteiger partial charge in [0.1, 0.15) is 24.2 Å². The van der Waals surface area contributed by atoms with Gasteiger partial charge < -0.3 is 25.4 Å². The van der Waals surface area contributed by atoms with E-state index in [4.69, 9.17) is 15.2 Å². The molecule has 0 aliphatic carbocycles. The molecule has 0 saturated heterocycles. The Labute approximate surface area is 189 Å². The summed E-state index contributed by atoms with van der Waals surface area (Å²) in [5.41, 5.74) is 5.81. The molecule has 1 aromatic heterocycles. The van der Waals surface area contributed by atoms with Crippen molar-refractivity contribution in [1.29, 1.82) is 0 Å². The first kappa shape index (κ1) is 22.0. The molecule has 3 aromatic rings. The number of rotatable bonds is 7. The van der Waals surface area contributed by atoms with Crippen LogP contribution in [0.5, 0.6) is 11.5 Å². The lowest BCUT2D eigenvalue weighted by Gasteiger charge is -2.27. The fourth-order valence-corrected chi connectivity index (χ4v) is 3.61. The van der Waals surface area contributed by atoms with Gasteiger partial charge in [-0.2, -0.15) is 0 Å². The molecule has 0 fully saturated rings. The molecule has 1 amide bonds. The SMILES string of the molecule is CN(CC(=O)NC[C@H]1COc2ccccc2O1)c1c(N)n(Cc2ccccc2)c(=O)[nH]c1=O. The second-order valence-corrected chi connectivity index (χ2v) is 7.72. The fourth-order valence-electron chi connectivity index (χ4n) is 3.61. The third kappa shape index (κ3) is 5.00. The number of fused-ring (bicyclic) bond motifs is 1. The molecule has 1 aliphatic rings. The highest BCUT2D eigenvalue weighted by Crippen LogP contribution is 2.30. The molecule has 172 valence electrons. The molecular weight excluding hydrogens is 426 g/mol. The molecular formula is C23H25N5O5. The third-order valence-corrected chi connectivity index (χ3v) is 5.25. The molecule has 0 bridgehead atoms. The van der Waals surface area contributed by atoms with Crippen LogP contribution in [-0.2, 0) is 11.3 Å². The van der Waals surface area contributed by atoms with Crippen molar-refractivity contribution in [1.82, 2.24) is 14.9 Å². The Bertz CT molecular complexity index is 1250. The molecule has 1 aliphatic heterocycles. The number of para-hydroxylation sites is 2. The van der Waals surface area contributed by atoms with Gasteiger partial charge in [-0.15, -0.1) is 0 Å². The summed E-state index contributed by atoms with van der Waals surface area (Å²) in [4.78, 5) is 41.0. The number of likely N-dealkylation sites (N-methyl/N-ethyl adjacent to an activating group) is 1. The lowest BCUT2D eigenvalue weighted by Crippen LogP contribution is -2.45. The van der Waals surface area contributed by atoms with Crippen LogP contribution in [-0.4, -0.2) is 48.3 Å². The maximum absolute atomic E-state index is 12.5. The quantitative estimate of drug-likeness (QED) is 0.478. The standard InChI is InChI=1S/C23H25N5O5/c1-27(13-19(29)25-11-16-14-32-17-9-5-6-10-18(17)33-16)20-21(24)28(23(31)26-22(20)30)12-15-7-3-2-4-8-15/h2-10,16H,11-14,24H2,1H3,(H,25,29)(H,26,30,31)/t16-/m0/s1. The van der Waals surface area contributed by atoms with Gasteiger partial charge in [-0.05, 0) is 17.7 Å². The molecule has 33 heavy (non-hydrogen) atoms. The highest BCUT2D eigenvalue weighted by Gasteiger charge is 2.22. The predicted octanol–water partition coefficient (Wildman–Crippen LogP) is 0.560. The Morgan fingerprint density at radius 1 is 1.15 bits per heavy atom. The van der Waals surface area contributed by atoms with E-state index in [0.29, 0.717) is 18.1 Å². The molecule has 0 radical (unpaired) electrons. The summed E-state index contributed by atoms with van der Waals surface area (Å²) in [5.74, 6) is 0.948. The van der Waals surface area contributed by atoms with E-state index in [9.17, 15) is 14.4 Å². The zero-order chi connectivity index (χ0) is 23.4. The first-order chi connectivity index (χ1) is 15.9. The third-order valence-electron chi connectivity index (χ3n) is 5.25. The number of aromatic nitrogens is 2. The normalized spacial score (nSPS) is 14.5. The van der Waals surface area contributed by atoms with Crippen molar-refractivity contribution in [3.8, 4) is 11.5 Å². The fraction of sp³-hybridized carbons (Fsp3) is 0.261. The average molecular weight is 451 g/mol. The number of benzene rings is 2. The molecule has 0 saturated carbocycles. The minimum absolute atomic E-state index is 0.0106. The van der Waals surface area contributed by atoms with Crippen LogP contribution < -0.4 is 36.7 Å². The summed E-state index contributed by atoms with van der Waals surface area (Å²) in [5, 5.41) is 2.78. The monoisotopic (exact) mass is 451 g/mol. The van der Waals surface area contributed by atoms with Crippen LogP contribution in [0.3, 0.4) is 0 Å². The average Bonchev–Trinajstić information content (AvgIpc) is 2.81. The smallest absolute Gasteiger partial charge is 0.330 e. The van der Waals surface area contributed by atoms with E-state index in [2.05, 4.69) is 10.3 Å². The topological polar surface area (TPSA) is 132 Å². The number of hydrogen-bond donors (Lipinski definition) is 3. The van der Waals surface area contributed by atoms with Gasteiger partial charge in [0.2, 0.25) is 5.91 Å². The molecule has 1 atom stereocenters. The Morgan fingerprint density at radius 2 is 1.85 bits per heavy atom. The van der Waals surface area contributed by atoms with Gasteiger partial charge in [0, 0.05) is 7.05 Å². The molecule has 2 aromatic carbocycles. The number of nitrogen functional groups attached to an aromatic ring is 1. The number of anilines is 2. The van der Waals surface area contributed by atoms with E-state index in [1.807, 2.05) is 48.5 Å². The van der Waals surface area contributed by atoms with Gasteiger partial charge in [-0.25, -0.2) is 4.79 Å². The van der Waals surface area contributed by atoms with E-state index >= 15 is 0 Å². The number of aromatic amines is 1. The Hall–Kier alpha value is -4.21. The molecule has 10 heteroatoms. The summed E-state index contributed by atoms with van der Waals surface area (Å²) in [6, 6.07) is 16.6. The van der Waals surface area contributed by atoms with Crippen molar-refractivity contribution in [2.45, 2.75) is 12.6 Å². The molecule has 0 spiro atoms. The van der Waals surface area contributed by atoms with Gasteiger partial charge in [0.05, 0.1) is 19.6 Å². The number of carbonyl (C=O) groups excluding carboxylic acids is 1. The molecule has 0 unspecified atom stereocenters. The lowest BCUT2D eigenvalue weighted by atomic mass is 10.2. The maximum atomic E-state index is 12.5. The summed E-state index contributed by atoms with van der Waals surface area (Å²) >= 11 is 0. The number of hydrogen-bond acceptors (Lipinski definition) is 7. The second kappa shape index (κ2) is 9.51. The Kier molecular flexibility index (Phi) is 6.34. The Morgan fingerprint density at radius 3 is 2.61 bits per heavy atom. The number of amides is 1. The molecule has 4 N–H and O–H groups in total. The predicted molar refractivity (Wildman–Crippen MR) is 124 cm³/mol. The van der Waals surface area contributed by atoms with E-state index in [1.54, 1.807) is 13.1 Å². The van der Waals surface area contributed by atoms with Crippen LogP contribution in [0.4, 0.5) is 11.5 Å². The zero-order valence-corrected chi connectivity index (χ0v) is 18.1. The first-order valence-corrected chi connectivity index (χ1v) is 10.4. The summed E-state index contributed by atoms with van der Waals surface area (Å²) in [6.45, 7) is 0.599. The number of nitrogens with two attached hydrogens (primary N) is 1. The number of carbonyl (C=O) groups is 1. The number of H-pyrrole nitrogens is 1. The molecule has 4 rings (SSSR count). The van der Waals surface area contributed by atoms with Crippen LogP contribution in [0.15, 0.2) is 64.2 Å². The van der Waals surface area contributed by atoms with Crippen molar-refractivity contribution in [3.05, 3.63) is 81.0 Å². The summed E-state index contributed by atoms with van der Waals surface area (Å²) in [6.07, 6.45) is -0.338. The van der Waals surface area contributed by atoms with Crippen LogP contribution in [0.2, 0.25) is 0 Å². The van der Waals surface area contributed by atoms with Crippen molar-refractivity contribution in [3.63, 3.8) is 0 Å². The zero-order valence-electron chi connectivity index (χ0n) is 18.1. The Balaban J connectivity index is 1.41. The number of ether oxygens (including phenoxy) is 2. The van der Waals surface area contributed by atoms with Crippen molar-refractivity contribution >= 4 is 17.4 Å². The highest BCUT2D eigenvalue weighted by atomic mass is 16.6. The summed E-state index contributed by atoms with van der Waals surface area (Å²) < 4.78 is 12.7. The van der Waals surface area contributed by atoms with Crippen LogP contribution in [0, 0.1) is 0 Å². The van der Waals surface area contributed by atoms with Crippen LogP contribution in [0.25, 0.3) is 0 Å². The number of nitrogens with zero attached hydrogens (tertiary/aromatic N) is 2. The van der Waals surface area contributed by atoms with Crippen molar-refractivity contribution in [2.24, 2.45) is 0 Å². The van der Waals surface area contributed by atoms with Crippen LogP contribution >= 0.6 is 0 Å². The van der Waals surface area contributed by atoms with Crippen LogP contribution in [0.1, 0.15) is 5.56 Å². The minimum atomic E-state index is -0.655. The van der Waals surface area contributed by atoms with Gasteiger partial charge in [-0.3, -0.25) is 19.1 Å². The van der Waals surface area contributed by atoms with Gasteiger partial charge in [-0.1, -0.05) is 42.5 Å². The van der Waals surface area contributed by atoms with E-state index in [-0.39, 0.29) is 43.2 Å². The number of nitrogens with one attached hydrogen (secondary N) is 2. The van der Waals surface area contributed by atoms with E-state index < -0.39 is 11.2 Å². The largest absolute Gasteiger partial charge is 0.486 e. The highest BCUT2D eigenvalue weighted by molar-refractivity contribution is 5.82. The van der Waals surface area contributed by atoms with Crippen molar-refractivity contribution < 1.29 is 14.3 Å². The van der Waals surface area contributed by atoms with Gasteiger partial charge >= 0.3 is 5.69 Å². The van der Waals surface area contributed by atoms with Crippen molar-refractivity contribution in [2.75, 3.05) is 37.4 Å². The molecule has 10 nitrogen and oxygen atoms in total. The van der Waals surface area contributed by atoms with Gasteiger partial charge in [0.15, 0.2) is 11.5 Å². The van der Waals surface area contributed by atoms with E-state index in [0.717, 1.165) is 5.56 Å². The lowest BCUT2D eigenvalue weighted by molar-refractivity contribution is -0.120. The first-order valence-electron chi connectivity index (χ1n) is 10.4. The van der Waals surface area contributed by atoms with E-state index in [1.165, 1.54) is 9.47 Å². The second-order valence-electron chi connectivity index (χ2n) is 7.72. The van der Waals surface area contributed by atoms with Gasteiger partial charge in [0.25, 0.3) is 5.56 Å². The maximum Gasteiger partial charge on any atom is 0.330 e. The minimum Gasteiger partial charge on any atom is -0.486 e. The molecule has 2 heterocycles. The summed E-state index contributed by atoms with van der Waals surface area (Å²) in [7, 11) is 1.56.